The van der Waals surface area contributed by atoms with Crippen LogP contribution in [0.2, 0.25) is 0 Å². The number of alkyl halides is 3. The molecule has 4 saturated carbocycles. The summed E-state index contributed by atoms with van der Waals surface area (Å²) >= 11 is 0. The molecular formula is C24H31F3N6O. The monoisotopic (exact) mass is 476 g/mol. The van der Waals surface area contributed by atoms with Crippen molar-refractivity contribution in [3.63, 3.8) is 0 Å². The Morgan fingerprint density at radius 2 is 1.88 bits per heavy atom. The van der Waals surface area contributed by atoms with E-state index in [9.17, 15) is 13.2 Å². The number of aromatic nitrogens is 3. The van der Waals surface area contributed by atoms with Crippen molar-refractivity contribution in [1.29, 1.82) is 0 Å². The molecule has 34 heavy (non-hydrogen) atoms. The van der Waals surface area contributed by atoms with E-state index >= 15 is 0 Å². The Hall–Kier alpha value is -2.33. The molecule has 184 valence electrons. The molecule has 1 saturated heterocycles. The molecule has 0 spiro atoms. The zero-order valence-corrected chi connectivity index (χ0v) is 19.4. The summed E-state index contributed by atoms with van der Waals surface area (Å²) < 4.78 is 44.8. The summed E-state index contributed by atoms with van der Waals surface area (Å²) in [5, 5.41) is 0. The van der Waals surface area contributed by atoms with E-state index in [-0.39, 0.29) is 5.82 Å². The van der Waals surface area contributed by atoms with E-state index in [1.807, 2.05) is 6.20 Å². The summed E-state index contributed by atoms with van der Waals surface area (Å²) in [6, 6.07) is 1.69. The predicted molar refractivity (Wildman–Crippen MR) is 121 cm³/mol. The van der Waals surface area contributed by atoms with Gasteiger partial charge in [-0.25, -0.2) is 9.97 Å². The summed E-state index contributed by atoms with van der Waals surface area (Å²) in [7, 11) is 2.18. The maximum Gasteiger partial charge on any atom is 0.573 e. The van der Waals surface area contributed by atoms with Crippen LogP contribution in [0.5, 0.6) is 5.75 Å². The summed E-state index contributed by atoms with van der Waals surface area (Å²) in [5.41, 5.74) is 7.05. The van der Waals surface area contributed by atoms with Gasteiger partial charge in [-0.1, -0.05) is 0 Å². The van der Waals surface area contributed by atoms with Crippen molar-refractivity contribution in [3.05, 3.63) is 24.3 Å². The van der Waals surface area contributed by atoms with Gasteiger partial charge in [-0.2, -0.15) is 0 Å². The van der Waals surface area contributed by atoms with Gasteiger partial charge in [0.05, 0.1) is 5.69 Å². The number of fused-ring (bicyclic) bond motifs is 1. The molecule has 3 heterocycles. The number of rotatable bonds is 6. The molecule has 0 aromatic carbocycles. The van der Waals surface area contributed by atoms with Gasteiger partial charge in [0.2, 0.25) is 0 Å². The first-order valence-electron chi connectivity index (χ1n) is 12.2. The second kappa shape index (κ2) is 7.84. The fourth-order valence-electron chi connectivity index (χ4n) is 6.30. The molecule has 4 aliphatic carbocycles. The van der Waals surface area contributed by atoms with Gasteiger partial charge in [-0.15, -0.1) is 13.2 Å². The van der Waals surface area contributed by atoms with Crippen LogP contribution in [0, 0.1) is 11.8 Å². The lowest BCUT2D eigenvalue weighted by Gasteiger charge is -2.50. The van der Waals surface area contributed by atoms with E-state index in [4.69, 9.17) is 10.7 Å². The lowest BCUT2D eigenvalue weighted by atomic mass is 9.75. The molecule has 7 rings (SSSR count). The number of nitrogen functional groups attached to an aromatic ring is 1. The van der Waals surface area contributed by atoms with Crippen molar-refractivity contribution in [1.82, 2.24) is 24.3 Å². The number of likely N-dealkylation sites (N-methyl/N-ethyl adjacent to an activating group) is 1. The topological polar surface area (TPSA) is 72.4 Å². The highest BCUT2D eigenvalue weighted by molar-refractivity contribution is 5.63. The predicted octanol–water partition coefficient (Wildman–Crippen LogP) is 3.72. The summed E-state index contributed by atoms with van der Waals surface area (Å²) in [5.74, 6) is 1.56. The Kier molecular flexibility index (Phi) is 5.11. The summed E-state index contributed by atoms with van der Waals surface area (Å²) in [6.07, 6.45) is 5.60. The molecule has 2 aromatic rings. The Morgan fingerprint density at radius 1 is 1.15 bits per heavy atom. The maximum absolute atomic E-state index is 12.8. The molecule has 0 radical (unpaired) electrons. The van der Waals surface area contributed by atoms with Gasteiger partial charge in [0.1, 0.15) is 5.82 Å². The number of nitrogens with zero attached hydrogens (tertiary/aromatic N) is 5. The molecule has 5 aliphatic rings. The largest absolute Gasteiger partial charge is 0.573 e. The van der Waals surface area contributed by atoms with Crippen molar-refractivity contribution in [3.8, 4) is 17.0 Å². The van der Waals surface area contributed by atoms with Gasteiger partial charge in [0.15, 0.2) is 11.6 Å². The van der Waals surface area contributed by atoms with Crippen LogP contribution in [-0.4, -0.2) is 69.5 Å². The SMILES string of the molecule is CN1CCN(C23CC(C2)[C@@H](n2cc(-c4cnc(N)c(OC(F)(F)F)c4)nc2CC2CC2)C3)CC1. The van der Waals surface area contributed by atoms with Crippen molar-refractivity contribution in [2.24, 2.45) is 11.8 Å². The Morgan fingerprint density at radius 3 is 2.56 bits per heavy atom. The smallest absolute Gasteiger partial charge is 0.402 e. The number of pyridine rings is 1. The van der Waals surface area contributed by atoms with Crippen LogP contribution in [0.1, 0.15) is 44.0 Å². The first-order valence-corrected chi connectivity index (χ1v) is 12.2. The molecule has 5 fully saturated rings. The lowest BCUT2D eigenvalue weighted by molar-refractivity contribution is -0.274. The van der Waals surface area contributed by atoms with Crippen molar-refractivity contribution in [2.75, 3.05) is 39.0 Å². The van der Waals surface area contributed by atoms with Crippen molar-refractivity contribution < 1.29 is 17.9 Å². The Balaban J connectivity index is 1.28. The number of piperazine rings is 1. The highest BCUT2D eigenvalue weighted by Crippen LogP contribution is 2.61. The average Bonchev–Trinajstić information content (AvgIpc) is 3.18. The first-order chi connectivity index (χ1) is 16.2. The molecule has 0 unspecified atom stereocenters. The first kappa shape index (κ1) is 22.2. The number of halogens is 3. The van der Waals surface area contributed by atoms with Crippen LogP contribution in [0.3, 0.4) is 0 Å². The van der Waals surface area contributed by atoms with E-state index in [0.29, 0.717) is 34.7 Å². The van der Waals surface area contributed by atoms with Gasteiger partial charge in [-0.05, 0) is 57.1 Å². The third-order valence-corrected chi connectivity index (χ3v) is 8.33. The maximum atomic E-state index is 12.8. The number of imidazole rings is 1. The highest BCUT2D eigenvalue weighted by Gasteiger charge is 2.59. The molecule has 1 aliphatic heterocycles. The third-order valence-electron chi connectivity index (χ3n) is 8.33. The molecule has 2 N–H and O–H groups in total. The fraction of sp³-hybridized carbons (Fsp3) is 0.667. The minimum atomic E-state index is -4.83. The minimum Gasteiger partial charge on any atom is -0.402 e. The summed E-state index contributed by atoms with van der Waals surface area (Å²) in [6.45, 7) is 4.48. The summed E-state index contributed by atoms with van der Waals surface area (Å²) in [4.78, 5) is 13.9. The molecular weight excluding hydrogens is 445 g/mol. The number of hydrogen-bond donors (Lipinski definition) is 1. The molecule has 7 nitrogen and oxygen atoms in total. The van der Waals surface area contributed by atoms with Gasteiger partial charge >= 0.3 is 6.36 Å². The van der Waals surface area contributed by atoms with Gasteiger partial charge in [-0.3, -0.25) is 4.90 Å². The average molecular weight is 477 g/mol. The second-order valence-corrected chi connectivity index (χ2v) is 10.7. The van der Waals surface area contributed by atoms with Gasteiger partial charge < -0.3 is 19.9 Å². The second-order valence-electron chi connectivity index (χ2n) is 10.7. The number of hydrogen-bond acceptors (Lipinski definition) is 6. The number of anilines is 1. The van der Waals surface area contributed by atoms with Gasteiger partial charge in [0.25, 0.3) is 0 Å². The quantitative estimate of drug-likeness (QED) is 0.685. The van der Waals surface area contributed by atoms with Crippen LogP contribution in [0.25, 0.3) is 11.3 Å². The zero-order valence-electron chi connectivity index (χ0n) is 19.4. The Bertz CT molecular complexity index is 1070. The van der Waals surface area contributed by atoms with E-state index < -0.39 is 12.1 Å². The van der Waals surface area contributed by atoms with E-state index in [1.165, 1.54) is 37.9 Å². The molecule has 2 aromatic heterocycles. The highest BCUT2D eigenvalue weighted by atomic mass is 19.4. The van der Waals surface area contributed by atoms with Gasteiger partial charge in [0, 0.05) is 62.1 Å². The standard InChI is InChI=1S/C24H31F3N6O/c1-31-4-6-32(7-5-31)23-10-17(11-23)19(12-23)33-14-18(30-21(33)8-15-2-3-15)16-9-20(22(28)29-13-16)34-24(25,26)27/h9,13-15,17,19H,2-8,10-12H2,1H3,(H2,28,29)/t17?,19-,23?/m0/s1. The van der Waals surface area contributed by atoms with Crippen LogP contribution < -0.4 is 10.5 Å². The minimum absolute atomic E-state index is 0.288. The normalized spacial score (nSPS) is 29.9. The molecule has 0 amide bonds. The van der Waals surface area contributed by atoms with E-state index in [1.54, 1.807) is 0 Å². The molecule has 1 atom stereocenters. The van der Waals surface area contributed by atoms with Crippen LogP contribution in [0.4, 0.5) is 19.0 Å². The molecule has 10 heteroatoms. The Labute approximate surface area is 197 Å². The van der Waals surface area contributed by atoms with E-state index in [0.717, 1.165) is 44.8 Å². The zero-order chi connectivity index (χ0) is 23.7. The van der Waals surface area contributed by atoms with Crippen molar-refractivity contribution in [2.45, 2.75) is 56.5 Å². The van der Waals surface area contributed by atoms with Crippen LogP contribution in [-0.2, 0) is 6.42 Å². The molecule has 2 bridgehead atoms. The van der Waals surface area contributed by atoms with E-state index in [2.05, 4.69) is 31.1 Å². The van der Waals surface area contributed by atoms with Crippen LogP contribution >= 0.6 is 0 Å². The third kappa shape index (κ3) is 4.04. The van der Waals surface area contributed by atoms with Crippen LogP contribution in [0.15, 0.2) is 18.5 Å². The van der Waals surface area contributed by atoms with Crippen molar-refractivity contribution >= 4 is 5.82 Å². The lowest BCUT2D eigenvalue weighted by Crippen LogP contribution is -2.58. The number of ether oxygens (including phenoxy) is 1. The fourth-order valence-corrected chi connectivity index (χ4v) is 6.30. The number of nitrogens with two attached hydrogens (primary N) is 1.